The molecule has 0 aromatic carbocycles. The molecule has 0 aliphatic carbocycles. The Kier molecular flexibility index (Phi) is 509. The molecule has 0 rings (SSSR count). The van der Waals surface area contributed by atoms with Crippen LogP contribution in [0.25, 0.3) is 0 Å². The van der Waals surface area contributed by atoms with E-state index in [1.807, 2.05) is 0 Å². The topological polar surface area (TPSA) is 0 Å². The zero-order chi connectivity index (χ0) is 0. The zero-order valence-electron chi connectivity index (χ0n) is 3.91. The van der Waals surface area contributed by atoms with Gasteiger partial charge in [-0.05, 0) is 0 Å². The Morgan fingerprint density at radius 3 is 0.833 bits per heavy atom. The van der Waals surface area contributed by atoms with E-state index in [4.69, 9.17) is 0 Å². The smallest absolute Gasteiger partial charge is 1.00 e. The van der Waals surface area contributed by atoms with Gasteiger partial charge in [0.25, 0.3) is 0 Å². The first-order chi connectivity index (χ1) is 0. The Labute approximate surface area is 99.2 Å². The van der Waals surface area contributed by atoms with Crippen LogP contribution >= 0.6 is 33.3 Å². The fourth-order valence-corrected chi connectivity index (χ4v) is 0. The molecule has 6 heavy (non-hydrogen) atoms. The van der Waals surface area contributed by atoms with E-state index in [0.29, 0.717) is 0 Å². The van der Waals surface area contributed by atoms with Crippen molar-refractivity contribution >= 4 is 33.3 Å². The third-order valence-corrected chi connectivity index (χ3v) is 0. The normalized spacial score (nSPS) is 0. The third-order valence-electron chi connectivity index (χ3n) is 0. The molecule has 0 fully saturated rings. The van der Waals surface area contributed by atoms with E-state index in [0.717, 1.165) is 0 Å². The summed E-state index contributed by atoms with van der Waals surface area (Å²) in [5.41, 5.74) is 0. The fraction of sp³-hybridized carbons (Fsp3) is 1.00. The van der Waals surface area contributed by atoms with Gasteiger partial charge in [0.05, 0.1) is 0 Å². The van der Waals surface area contributed by atoms with Gasteiger partial charge in [-0.15, -0.1) is 0 Å². The van der Waals surface area contributed by atoms with Crippen molar-refractivity contribution in [3.05, 3.63) is 0 Å². The van der Waals surface area contributed by atoms with Gasteiger partial charge >= 0.3 is 51.4 Å². The van der Waals surface area contributed by atoms with Crippen LogP contribution < -0.4 is 51.4 Å². The maximum Gasteiger partial charge on any atom is 1.00 e. The van der Waals surface area contributed by atoms with Crippen LogP contribution in [0.4, 0.5) is 0 Å². The van der Waals surface area contributed by atoms with Gasteiger partial charge in [-0.1, -0.05) is 14.9 Å². The van der Waals surface area contributed by atoms with Crippen molar-refractivity contribution in [2.24, 2.45) is 0 Å². The van der Waals surface area contributed by atoms with Crippen molar-refractivity contribution < 1.29 is 52.8 Å². The second-order valence-electron chi connectivity index (χ2n) is 0. The SMILES string of the molecule is C.C.P.P.S.[H-].[K+]. The third kappa shape index (κ3) is 28.9. The molecule has 0 aromatic heterocycles. The summed E-state index contributed by atoms with van der Waals surface area (Å²) in [6.45, 7) is 0. The molecule has 0 N–H and O–H groups in total. The standard InChI is InChI=1S/2CH4.K.2H3P.H2S.H/h2*1H4;;2*1H3;1H2;/q;;+1;;;;-1. The van der Waals surface area contributed by atoms with Crippen LogP contribution in [0.3, 0.4) is 0 Å². The van der Waals surface area contributed by atoms with Crippen LogP contribution in [0.15, 0.2) is 0 Å². The molecule has 0 spiro atoms. The van der Waals surface area contributed by atoms with E-state index in [-0.39, 0.29) is 101 Å². The largest absolute Gasteiger partial charge is 1.00 e. The van der Waals surface area contributed by atoms with E-state index in [9.17, 15) is 0 Å². The minimum atomic E-state index is 0. The Bertz CT molecular complexity index is 15.7. The van der Waals surface area contributed by atoms with Crippen LogP contribution in [0.1, 0.15) is 16.3 Å². The van der Waals surface area contributed by atoms with Gasteiger partial charge in [0.2, 0.25) is 0 Å². The summed E-state index contributed by atoms with van der Waals surface area (Å²) in [6, 6.07) is 0. The fourth-order valence-electron chi connectivity index (χ4n) is 0. The van der Waals surface area contributed by atoms with E-state index in [1.54, 1.807) is 0 Å². The summed E-state index contributed by atoms with van der Waals surface area (Å²) in [4.78, 5) is 0. The minimum Gasteiger partial charge on any atom is -1.00 e. The Balaban J connectivity index is 0. The molecule has 42 valence electrons. The van der Waals surface area contributed by atoms with Gasteiger partial charge < -0.3 is 1.43 Å². The molecule has 0 aromatic rings. The summed E-state index contributed by atoms with van der Waals surface area (Å²) in [6.07, 6.45) is 0. The molecule has 0 radical (unpaired) electrons. The van der Waals surface area contributed by atoms with E-state index in [1.165, 1.54) is 0 Å². The number of hydrogen-bond acceptors (Lipinski definition) is 0. The molecule has 0 amide bonds. The Hall–Kier alpha value is 2.85. The first-order valence-corrected chi connectivity index (χ1v) is 0. The van der Waals surface area contributed by atoms with Crippen LogP contribution in [0.5, 0.6) is 0 Å². The zero-order valence-corrected chi connectivity index (χ0v) is 9.87. The van der Waals surface area contributed by atoms with Gasteiger partial charge in [0, 0.05) is 0 Å². The van der Waals surface area contributed by atoms with Gasteiger partial charge in [0.1, 0.15) is 0 Å². The van der Waals surface area contributed by atoms with Crippen LogP contribution in [0, 0.1) is 0 Å². The van der Waals surface area contributed by atoms with E-state index in [2.05, 4.69) is 0 Å². The van der Waals surface area contributed by atoms with E-state index < -0.39 is 0 Å². The summed E-state index contributed by atoms with van der Waals surface area (Å²) in [5.74, 6) is 0. The molecule has 4 heteroatoms. The monoisotopic (exact) mass is 174 g/mol. The summed E-state index contributed by atoms with van der Waals surface area (Å²) >= 11 is 0. The Morgan fingerprint density at radius 2 is 0.833 bits per heavy atom. The molecule has 0 nitrogen and oxygen atoms in total. The molecule has 0 aliphatic rings. The molecule has 2 atom stereocenters. The number of rotatable bonds is 0. The predicted molar refractivity (Wildman–Crippen MR) is 47.2 cm³/mol. The van der Waals surface area contributed by atoms with Crippen molar-refractivity contribution in [1.82, 2.24) is 0 Å². The van der Waals surface area contributed by atoms with Crippen molar-refractivity contribution in [2.75, 3.05) is 0 Å². The van der Waals surface area contributed by atoms with Gasteiger partial charge in [-0.3, -0.25) is 0 Å². The van der Waals surface area contributed by atoms with Crippen molar-refractivity contribution in [3.63, 3.8) is 0 Å². The van der Waals surface area contributed by atoms with Crippen LogP contribution in [-0.4, -0.2) is 0 Å². The average Bonchev–Trinajstić information content (AvgIpc) is 0. The molecule has 0 bridgehead atoms. The van der Waals surface area contributed by atoms with Crippen molar-refractivity contribution in [3.8, 4) is 0 Å². The average molecular weight is 174 g/mol. The first-order valence-electron chi connectivity index (χ1n) is 0. The minimum absolute atomic E-state index is 0. The maximum atomic E-state index is 0. The first kappa shape index (κ1) is 67.2. The second-order valence-corrected chi connectivity index (χ2v) is 0. The molecule has 0 aliphatic heterocycles. The van der Waals surface area contributed by atoms with Crippen molar-refractivity contribution in [1.29, 1.82) is 0 Å². The number of hydrogen-bond donors (Lipinski definition) is 0. The summed E-state index contributed by atoms with van der Waals surface area (Å²) in [7, 11) is 0. The molecular formula is C2H17KP2S. The van der Waals surface area contributed by atoms with E-state index >= 15 is 0 Å². The maximum absolute atomic E-state index is 0. The van der Waals surface area contributed by atoms with Gasteiger partial charge in [-0.25, -0.2) is 0 Å². The van der Waals surface area contributed by atoms with Crippen molar-refractivity contribution in [2.45, 2.75) is 14.9 Å². The molecular weight excluding hydrogens is 157 g/mol. The van der Waals surface area contributed by atoms with Crippen LogP contribution in [-0.2, 0) is 0 Å². The van der Waals surface area contributed by atoms with Gasteiger partial charge in [-0.2, -0.15) is 33.3 Å². The second kappa shape index (κ2) is 45.4. The molecule has 0 saturated carbocycles. The summed E-state index contributed by atoms with van der Waals surface area (Å²) in [5, 5.41) is 0. The Morgan fingerprint density at radius 1 is 0.833 bits per heavy atom. The van der Waals surface area contributed by atoms with Gasteiger partial charge in [0.15, 0.2) is 0 Å². The molecule has 0 saturated heterocycles. The van der Waals surface area contributed by atoms with Crippen LogP contribution in [0.2, 0.25) is 0 Å². The quantitative estimate of drug-likeness (QED) is 0.314. The summed E-state index contributed by atoms with van der Waals surface area (Å²) < 4.78 is 0. The molecule has 2 unspecified atom stereocenters. The predicted octanol–water partition coefficient (Wildman–Crippen LogP) is -1.38. The molecule has 0 heterocycles.